The molecule has 0 aromatic rings. The number of rotatable bonds is 1. The SMILES string of the molecule is C#CC1(CC)CCCCC1. The summed E-state index contributed by atoms with van der Waals surface area (Å²) in [4.78, 5) is 0. The maximum absolute atomic E-state index is 5.50. The van der Waals surface area contributed by atoms with E-state index in [1.165, 1.54) is 38.5 Å². The Morgan fingerprint density at radius 3 is 2.20 bits per heavy atom. The van der Waals surface area contributed by atoms with Crippen LogP contribution < -0.4 is 0 Å². The monoisotopic (exact) mass is 136 g/mol. The van der Waals surface area contributed by atoms with Crippen molar-refractivity contribution in [2.45, 2.75) is 45.4 Å². The molecule has 0 spiro atoms. The zero-order chi connectivity index (χ0) is 7.45. The number of hydrogen-bond donors (Lipinski definition) is 0. The van der Waals surface area contributed by atoms with Crippen LogP contribution in [-0.2, 0) is 0 Å². The van der Waals surface area contributed by atoms with Crippen LogP contribution >= 0.6 is 0 Å². The minimum atomic E-state index is 0.290. The van der Waals surface area contributed by atoms with Gasteiger partial charge >= 0.3 is 0 Å². The highest BCUT2D eigenvalue weighted by Crippen LogP contribution is 2.38. The molecule has 0 amide bonds. The van der Waals surface area contributed by atoms with Crippen molar-refractivity contribution in [3.05, 3.63) is 0 Å². The van der Waals surface area contributed by atoms with Crippen LogP contribution in [0.2, 0.25) is 0 Å². The molecule has 1 rings (SSSR count). The maximum Gasteiger partial charge on any atom is 0.0309 e. The third-order valence-corrected chi connectivity index (χ3v) is 2.79. The summed E-state index contributed by atoms with van der Waals surface area (Å²) < 4.78 is 0. The average molecular weight is 136 g/mol. The van der Waals surface area contributed by atoms with E-state index in [1.807, 2.05) is 0 Å². The fourth-order valence-corrected chi connectivity index (χ4v) is 1.83. The first-order chi connectivity index (χ1) is 4.83. The summed E-state index contributed by atoms with van der Waals surface area (Å²) in [5.74, 6) is 2.97. The number of terminal acetylenes is 1. The third kappa shape index (κ3) is 1.34. The summed E-state index contributed by atoms with van der Waals surface area (Å²) in [5, 5.41) is 0. The molecule has 10 heavy (non-hydrogen) atoms. The second-order valence-corrected chi connectivity index (χ2v) is 3.34. The van der Waals surface area contributed by atoms with Crippen LogP contribution in [0.4, 0.5) is 0 Å². The van der Waals surface area contributed by atoms with Gasteiger partial charge in [0, 0.05) is 5.41 Å². The summed E-state index contributed by atoms with van der Waals surface area (Å²) in [5.41, 5.74) is 0.290. The highest BCUT2D eigenvalue weighted by Gasteiger charge is 2.27. The molecular formula is C10H16. The van der Waals surface area contributed by atoms with E-state index in [4.69, 9.17) is 6.42 Å². The first-order valence-electron chi connectivity index (χ1n) is 4.31. The summed E-state index contributed by atoms with van der Waals surface area (Å²) in [6, 6.07) is 0. The standard InChI is InChI=1S/C10H16/c1-3-10(4-2)8-6-5-7-9-10/h1H,4-9H2,2H3. The lowest BCUT2D eigenvalue weighted by Crippen LogP contribution is -2.20. The van der Waals surface area contributed by atoms with Crippen molar-refractivity contribution in [2.75, 3.05) is 0 Å². The Hall–Kier alpha value is -0.440. The van der Waals surface area contributed by atoms with Crippen LogP contribution in [-0.4, -0.2) is 0 Å². The molecule has 0 atom stereocenters. The van der Waals surface area contributed by atoms with Gasteiger partial charge in [0.2, 0.25) is 0 Å². The van der Waals surface area contributed by atoms with E-state index in [-0.39, 0.29) is 5.41 Å². The molecule has 56 valence electrons. The molecule has 1 fully saturated rings. The van der Waals surface area contributed by atoms with Crippen molar-refractivity contribution in [2.24, 2.45) is 5.41 Å². The van der Waals surface area contributed by atoms with Crippen molar-refractivity contribution in [3.63, 3.8) is 0 Å². The van der Waals surface area contributed by atoms with Crippen LogP contribution in [0.25, 0.3) is 0 Å². The third-order valence-electron chi connectivity index (χ3n) is 2.79. The van der Waals surface area contributed by atoms with E-state index < -0.39 is 0 Å². The molecule has 0 aromatic heterocycles. The maximum atomic E-state index is 5.50. The summed E-state index contributed by atoms with van der Waals surface area (Å²) in [6.45, 7) is 2.21. The lowest BCUT2D eigenvalue weighted by atomic mass is 9.73. The molecule has 0 radical (unpaired) electrons. The van der Waals surface area contributed by atoms with Crippen molar-refractivity contribution < 1.29 is 0 Å². The van der Waals surface area contributed by atoms with Gasteiger partial charge < -0.3 is 0 Å². The van der Waals surface area contributed by atoms with Gasteiger partial charge in [-0.15, -0.1) is 6.42 Å². The van der Waals surface area contributed by atoms with Gasteiger partial charge in [-0.3, -0.25) is 0 Å². The van der Waals surface area contributed by atoms with E-state index in [2.05, 4.69) is 12.8 Å². The molecule has 0 heteroatoms. The number of hydrogen-bond acceptors (Lipinski definition) is 0. The molecule has 0 aliphatic heterocycles. The van der Waals surface area contributed by atoms with Gasteiger partial charge in [0.25, 0.3) is 0 Å². The van der Waals surface area contributed by atoms with Crippen molar-refractivity contribution in [3.8, 4) is 12.3 Å². The molecular weight excluding hydrogens is 120 g/mol. The minimum Gasteiger partial charge on any atom is -0.120 e. The van der Waals surface area contributed by atoms with Crippen LogP contribution in [0.5, 0.6) is 0 Å². The Bertz CT molecular complexity index is 133. The van der Waals surface area contributed by atoms with Gasteiger partial charge in [-0.05, 0) is 19.3 Å². The fourth-order valence-electron chi connectivity index (χ4n) is 1.83. The minimum absolute atomic E-state index is 0.290. The van der Waals surface area contributed by atoms with Crippen molar-refractivity contribution in [1.82, 2.24) is 0 Å². The lowest BCUT2D eigenvalue weighted by molar-refractivity contribution is 0.262. The summed E-state index contributed by atoms with van der Waals surface area (Å²) >= 11 is 0. The van der Waals surface area contributed by atoms with Gasteiger partial charge in [-0.1, -0.05) is 32.1 Å². The second kappa shape index (κ2) is 3.10. The smallest absolute Gasteiger partial charge is 0.0309 e. The lowest BCUT2D eigenvalue weighted by Gasteiger charge is -2.30. The van der Waals surface area contributed by atoms with Crippen LogP contribution in [0.3, 0.4) is 0 Å². The molecule has 1 saturated carbocycles. The van der Waals surface area contributed by atoms with Gasteiger partial charge in [0.1, 0.15) is 0 Å². The first kappa shape index (κ1) is 7.66. The van der Waals surface area contributed by atoms with Gasteiger partial charge in [0.15, 0.2) is 0 Å². The fraction of sp³-hybridized carbons (Fsp3) is 0.800. The molecule has 1 aliphatic rings. The Morgan fingerprint density at radius 2 is 1.90 bits per heavy atom. The largest absolute Gasteiger partial charge is 0.120 e. The van der Waals surface area contributed by atoms with Crippen molar-refractivity contribution in [1.29, 1.82) is 0 Å². The molecule has 0 N–H and O–H groups in total. The Labute approximate surface area is 64.0 Å². The predicted octanol–water partition coefficient (Wildman–Crippen LogP) is 2.98. The van der Waals surface area contributed by atoms with E-state index in [1.54, 1.807) is 0 Å². The Balaban J connectivity index is 2.55. The van der Waals surface area contributed by atoms with Gasteiger partial charge in [-0.25, -0.2) is 0 Å². The zero-order valence-corrected chi connectivity index (χ0v) is 6.82. The molecule has 0 aromatic carbocycles. The summed E-state index contributed by atoms with van der Waals surface area (Å²) in [6.07, 6.45) is 13.3. The van der Waals surface area contributed by atoms with Gasteiger partial charge in [0.05, 0.1) is 0 Å². The summed E-state index contributed by atoms with van der Waals surface area (Å²) in [7, 11) is 0. The van der Waals surface area contributed by atoms with Crippen molar-refractivity contribution >= 4 is 0 Å². The van der Waals surface area contributed by atoms with E-state index >= 15 is 0 Å². The first-order valence-corrected chi connectivity index (χ1v) is 4.31. The van der Waals surface area contributed by atoms with E-state index in [0.717, 1.165) is 0 Å². The molecule has 1 aliphatic carbocycles. The highest BCUT2D eigenvalue weighted by atomic mass is 14.3. The molecule has 0 nitrogen and oxygen atoms in total. The normalized spacial score (nSPS) is 23.6. The Morgan fingerprint density at radius 1 is 1.30 bits per heavy atom. The van der Waals surface area contributed by atoms with E-state index in [0.29, 0.717) is 0 Å². The Kier molecular flexibility index (Phi) is 2.38. The van der Waals surface area contributed by atoms with Gasteiger partial charge in [-0.2, -0.15) is 0 Å². The molecule has 0 saturated heterocycles. The molecule has 0 unspecified atom stereocenters. The molecule has 0 bridgehead atoms. The van der Waals surface area contributed by atoms with Crippen LogP contribution in [0, 0.1) is 17.8 Å². The predicted molar refractivity (Wildman–Crippen MR) is 44.6 cm³/mol. The molecule has 0 heterocycles. The van der Waals surface area contributed by atoms with Crippen LogP contribution in [0.1, 0.15) is 45.4 Å². The highest BCUT2D eigenvalue weighted by molar-refractivity contribution is 5.05. The topological polar surface area (TPSA) is 0 Å². The average Bonchev–Trinajstić information content (AvgIpc) is 2.06. The quantitative estimate of drug-likeness (QED) is 0.486. The van der Waals surface area contributed by atoms with Crippen LogP contribution in [0.15, 0.2) is 0 Å². The zero-order valence-electron chi connectivity index (χ0n) is 6.82. The second-order valence-electron chi connectivity index (χ2n) is 3.34. The van der Waals surface area contributed by atoms with E-state index in [9.17, 15) is 0 Å².